The van der Waals surface area contributed by atoms with Crippen molar-refractivity contribution in [2.45, 2.75) is 53.9 Å². The molecule has 1 rings (SSSR count). The Hall–Kier alpha value is -0.780. The number of aryl methyl sites for hydroxylation is 3. The topological polar surface area (TPSA) is 0 Å². The molecule has 0 saturated carbocycles. The van der Waals surface area contributed by atoms with Crippen LogP contribution in [0.3, 0.4) is 0 Å². The molecule has 0 aliphatic rings. The predicted molar refractivity (Wildman–Crippen MR) is 65.9 cm³/mol. The Labute approximate surface area is 89.4 Å². The summed E-state index contributed by atoms with van der Waals surface area (Å²) in [7, 11) is 0. The molecule has 0 N–H and O–H groups in total. The molecule has 0 radical (unpaired) electrons. The Kier molecular flexibility index (Phi) is 7.18. The minimum atomic E-state index is 1.15. The van der Waals surface area contributed by atoms with E-state index in [9.17, 15) is 0 Å². The first-order valence-corrected chi connectivity index (χ1v) is 5.92. The highest BCUT2D eigenvalue weighted by Gasteiger charge is 1.98. The van der Waals surface area contributed by atoms with Crippen LogP contribution < -0.4 is 0 Å². The lowest BCUT2D eigenvalue weighted by Gasteiger charge is -2.07. The van der Waals surface area contributed by atoms with E-state index in [0.717, 1.165) is 19.3 Å². The minimum Gasteiger partial charge on any atom is -0.0683 e. The zero-order chi connectivity index (χ0) is 11.0. The number of rotatable bonds is 3. The van der Waals surface area contributed by atoms with Crippen LogP contribution in [-0.4, -0.2) is 0 Å². The highest BCUT2D eigenvalue weighted by atomic mass is 14.0. The van der Waals surface area contributed by atoms with E-state index in [1.54, 1.807) is 0 Å². The third-order valence-corrected chi connectivity index (χ3v) is 2.44. The van der Waals surface area contributed by atoms with Crippen LogP contribution in [0.15, 0.2) is 18.2 Å². The van der Waals surface area contributed by atoms with Crippen LogP contribution >= 0.6 is 0 Å². The van der Waals surface area contributed by atoms with Crippen molar-refractivity contribution in [2.75, 3.05) is 0 Å². The average Bonchev–Trinajstić information content (AvgIpc) is 2.30. The molecule has 0 heteroatoms. The summed E-state index contributed by atoms with van der Waals surface area (Å²) >= 11 is 0. The third-order valence-electron chi connectivity index (χ3n) is 2.44. The van der Waals surface area contributed by atoms with Crippen molar-refractivity contribution in [3.05, 3.63) is 34.9 Å². The largest absolute Gasteiger partial charge is 0.0683 e. The second kappa shape index (κ2) is 7.61. The summed E-state index contributed by atoms with van der Waals surface area (Å²) in [5, 5.41) is 0. The molecule has 1 aromatic carbocycles. The standard InChI is InChI=1S/C12H18.C2H6/c1-4-10-7-8-11(5-2)12(6-3)9-10;1-2/h7-9H,4-6H2,1-3H3;1-2H3. The fourth-order valence-corrected chi connectivity index (χ4v) is 1.57. The molecule has 0 aliphatic carbocycles. The van der Waals surface area contributed by atoms with Gasteiger partial charge in [-0.2, -0.15) is 0 Å². The van der Waals surface area contributed by atoms with Crippen molar-refractivity contribution in [2.24, 2.45) is 0 Å². The maximum Gasteiger partial charge on any atom is -0.0305 e. The van der Waals surface area contributed by atoms with E-state index in [0.29, 0.717) is 0 Å². The van der Waals surface area contributed by atoms with Gasteiger partial charge >= 0.3 is 0 Å². The smallest absolute Gasteiger partial charge is 0.0305 e. The van der Waals surface area contributed by atoms with Gasteiger partial charge in [-0.25, -0.2) is 0 Å². The van der Waals surface area contributed by atoms with Gasteiger partial charge < -0.3 is 0 Å². The van der Waals surface area contributed by atoms with Crippen molar-refractivity contribution in [1.29, 1.82) is 0 Å². The van der Waals surface area contributed by atoms with Gasteiger partial charge in [-0.15, -0.1) is 0 Å². The average molecular weight is 192 g/mol. The van der Waals surface area contributed by atoms with Gasteiger partial charge in [0, 0.05) is 0 Å². The zero-order valence-electron chi connectivity index (χ0n) is 10.4. The van der Waals surface area contributed by atoms with Gasteiger partial charge in [-0.05, 0) is 36.0 Å². The lowest BCUT2D eigenvalue weighted by Crippen LogP contribution is -1.92. The van der Waals surface area contributed by atoms with Gasteiger partial charge in [-0.1, -0.05) is 52.8 Å². The van der Waals surface area contributed by atoms with E-state index in [1.807, 2.05) is 13.8 Å². The summed E-state index contributed by atoms with van der Waals surface area (Å²) < 4.78 is 0. The molecule has 80 valence electrons. The summed E-state index contributed by atoms with van der Waals surface area (Å²) in [5.41, 5.74) is 4.50. The van der Waals surface area contributed by atoms with Crippen LogP contribution in [0.2, 0.25) is 0 Å². The van der Waals surface area contributed by atoms with Crippen LogP contribution in [0, 0.1) is 0 Å². The molecule has 0 saturated heterocycles. The maximum atomic E-state index is 2.35. The van der Waals surface area contributed by atoms with E-state index in [1.165, 1.54) is 16.7 Å². The Balaban J connectivity index is 0.000000791. The molecule has 1 aromatic rings. The quantitative estimate of drug-likeness (QED) is 0.666. The summed E-state index contributed by atoms with van der Waals surface area (Å²) in [5.74, 6) is 0. The molecule has 0 atom stereocenters. The van der Waals surface area contributed by atoms with Gasteiger partial charge in [0.05, 0.1) is 0 Å². The van der Waals surface area contributed by atoms with Crippen molar-refractivity contribution < 1.29 is 0 Å². The zero-order valence-corrected chi connectivity index (χ0v) is 10.4. The molecule has 0 bridgehead atoms. The van der Waals surface area contributed by atoms with E-state index in [2.05, 4.69) is 39.0 Å². The normalized spacial score (nSPS) is 9.21. The van der Waals surface area contributed by atoms with Crippen LogP contribution in [0.4, 0.5) is 0 Å². The highest BCUT2D eigenvalue weighted by molar-refractivity contribution is 5.32. The Morgan fingerprint density at radius 3 is 1.79 bits per heavy atom. The maximum absolute atomic E-state index is 2.35. The monoisotopic (exact) mass is 192 g/mol. The Bertz CT molecular complexity index is 248. The first-order chi connectivity index (χ1) is 6.81. The molecule has 0 spiro atoms. The van der Waals surface area contributed by atoms with Gasteiger partial charge in [0.2, 0.25) is 0 Å². The van der Waals surface area contributed by atoms with E-state index >= 15 is 0 Å². The highest BCUT2D eigenvalue weighted by Crippen LogP contribution is 2.13. The van der Waals surface area contributed by atoms with E-state index in [4.69, 9.17) is 0 Å². The summed E-state index contributed by atoms with van der Waals surface area (Å²) in [6.07, 6.45) is 3.47. The van der Waals surface area contributed by atoms with Crippen molar-refractivity contribution >= 4 is 0 Å². The van der Waals surface area contributed by atoms with Crippen molar-refractivity contribution in [3.63, 3.8) is 0 Å². The molecule has 0 nitrogen and oxygen atoms in total. The molecular formula is C14H24. The van der Waals surface area contributed by atoms with Crippen LogP contribution in [0.5, 0.6) is 0 Å². The molecule has 0 unspecified atom stereocenters. The molecule has 0 fully saturated rings. The van der Waals surface area contributed by atoms with Crippen molar-refractivity contribution in [1.82, 2.24) is 0 Å². The third kappa shape index (κ3) is 3.53. The summed E-state index contributed by atoms with van der Waals surface area (Å²) in [6.45, 7) is 10.7. The minimum absolute atomic E-state index is 1.15. The molecule has 0 aliphatic heterocycles. The number of hydrogen-bond acceptors (Lipinski definition) is 0. The van der Waals surface area contributed by atoms with Gasteiger partial charge in [0.15, 0.2) is 0 Å². The Morgan fingerprint density at radius 2 is 1.36 bits per heavy atom. The summed E-state index contributed by atoms with van der Waals surface area (Å²) in [4.78, 5) is 0. The number of benzene rings is 1. The van der Waals surface area contributed by atoms with Crippen LogP contribution in [0.25, 0.3) is 0 Å². The molecular weight excluding hydrogens is 168 g/mol. The Morgan fingerprint density at radius 1 is 0.786 bits per heavy atom. The molecule has 14 heavy (non-hydrogen) atoms. The lowest BCUT2D eigenvalue weighted by molar-refractivity contribution is 1.02. The lowest BCUT2D eigenvalue weighted by atomic mass is 9.99. The summed E-state index contributed by atoms with van der Waals surface area (Å²) in [6, 6.07) is 6.87. The van der Waals surface area contributed by atoms with E-state index in [-0.39, 0.29) is 0 Å². The van der Waals surface area contributed by atoms with Gasteiger partial charge in [0.25, 0.3) is 0 Å². The van der Waals surface area contributed by atoms with Crippen LogP contribution in [0.1, 0.15) is 51.3 Å². The fraction of sp³-hybridized carbons (Fsp3) is 0.571. The first-order valence-electron chi connectivity index (χ1n) is 5.92. The predicted octanol–water partition coefficient (Wildman–Crippen LogP) is 4.40. The van der Waals surface area contributed by atoms with E-state index < -0.39 is 0 Å². The van der Waals surface area contributed by atoms with Gasteiger partial charge in [0.1, 0.15) is 0 Å². The van der Waals surface area contributed by atoms with Crippen molar-refractivity contribution in [3.8, 4) is 0 Å². The fourth-order valence-electron chi connectivity index (χ4n) is 1.57. The van der Waals surface area contributed by atoms with Gasteiger partial charge in [-0.3, -0.25) is 0 Å². The second-order valence-corrected chi connectivity index (χ2v) is 3.16. The molecule has 0 amide bonds. The van der Waals surface area contributed by atoms with Crippen LogP contribution in [-0.2, 0) is 19.3 Å². The molecule has 0 aromatic heterocycles. The molecule has 0 heterocycles. The second-order valence-electron chi connectivity index (χ2n) is 3.16. The first kappa shape index (κ1) is 13.2. The SMILES string of the molecule is CC.CCc1ccc(CC)c(CC)c1. The number of hydrogen-bond donors (Lipinski definition) is 0.